The van der Waals surface area contributed by atoms with Crippen LogP contribution in [-0.4, -0.2) is 20.8 Å². The minimum absolute atomic E-state index is 0.00178. The molecule has 0 unspecified atom stereocenters. The molecule has 0 fully saturated rings. The molecular formula is C29H18ClF3N4O4. The van der Waals surface area contributed by atoms with Gasteiger partial charge in [-0.2, -0.15) is 22.9 Å². The molecule has 8 nitrogen and oxygen atoms in total. The molecular weight excluding hydrogens is 561 g/mol. The summed E-state index contributed by atoms with van der Waals surface area (Å²) in [5, 5.41) is 16.7. The van der Waals surface area contributed by atoms with Gasteiger partial charge in [-0.25, -0.2) is 4.98 Å². The number of aromatic nitrogens is 2. The SMILES string of the molecule is O=c1c2ccccc2nc(-c2cccc(C(F)(F)F)c2)n1N=Cc1cccc([N+](=O)[O-])c1OCc1ccc(Cl)cc1. The van der Waals surface area contributed by atoms with Crippen molar-refractivity contribution in [2.75, 3.05) is 0 Å². The molecule has 0 bridgehead atoms. The van der Waals surface area contributed by atoms with Crippen molar-refractivity contribution in [2.24, 2.45) is 5.10 Å². The number of halogens is 4. The van der Waals surface area contributed by atoms with Crippen molar-refractivity contribution in [1.29, 1.82) is 0 Å². The monoisotopic (exact) mass is 578 g/mol. The summed E-state index contributed by atoms with van der Waals surface area (Å²) >= 11 is 5.92. The Balaban J connectivity index is 1.63. The zero-order valence-electron chi connectivity index (χ0n) is 20.9. The molecule has 0 N–H and O–H groups in total. The summed E-state index contributed by atoms with van der Waals surface area (Å²) in [4.78, 5) is 29.0. The van der Waals surface area contributed by atoms with E-state index in [1.807, 2.05) is 0 Å². The first kappa shape index (κ1) is 27.5. The average Bonchev–Trinajstić information content (AvgIpc) is 2.96. The van der Waals surface area contributed by atoms with Crippen LogP contribution in [0.25, 0.3) is 22.3 Å². The molecule has 0 aliphatic carbocycles. The van der Waals surface area contributed by atoms with Crippen LogP contribution in [0.15, 0.2) is 101 Å². The second-order valence-electron chi connectivity index (χ2n) is 8.76. The Labute approximate surface area is 235 Å². The molecule has 0 spiro atoms. The molecule has 5 aromatic rings. The van der Waals surface area contributed by atoms with Gasteiger partial charge in [-0.05, 0) is 48.0 Å². The van der Waals surface area contributed by atoms with Crippen LogP contribution < -0.4 is 10.3 Å². The predicted molar refractivity (Wildman–Crippen MR) is 148 cm³/mol. The van der Waals surface area contributed by atoms with Crippen LogP contribution in [0.5, 0.6) is 5.75 Å². The first-order valence-corrected chi connectivity index (χ1v) is 12.4. The molecule has 0 aliphatic rings. The zero-order valence-corrected chi connectivity index (χ0v) is 21.6. The second-order valence-corrected chi connectivity index (χ2v) is 9.20. The quantitative estimate of drug-likeness (QED) is 0.116. The van der Waals surface area contributed by atoms with Gasteiger partial charge in [0.15, 0.2) is 5.82 Å². The van der Waals surface area contributed by atoms with E-state index in [9.17, 15) is 28.1 Å². The second kappa shape index (κ2) is 11.2. The Kier molecular flexibility index (Phi) is 7.54. The number of rotatable bonds is 7. The summed E-state index contributed by atoms with van der Waals surface area (Å²) in [6.45, 7) is -0.0319. The van der Waals surface area contributed by atoms with Crippen molar-refractivity contribution in [3.8, 4) is 17.1 Å². The number of benzene rings is 4. The summed E-state index contributed by atoms with van der Waals surface area (Å²) in [6, 6.07) is 21.6. The van der Waals surface area contributed by atoms with Gasteiger partial charge in [0.25, 0.3) is 5.56 Å². The Bertz CT molecular complexity index is 1850. The molecule has 206 valence electrons. The highest BCUT2D eigenvalue weighted by molar-refractivity contribution is 6.30. The van der Waals surface area contributed by atoms with Gasteiger partial charge in [-0.1, -0.05) is 54.1 Å². The summed E-state index contributed by atoms with van der Waals surface area (Å²) in [5.41, 5.74) is -0.806. The molecule has 0 aliphatic heterocycles. The highest BCUT2D eigenvalue weighted by Gasteiger charge is 2.31. The lowest BCUT2D eigenvalue weighted by Gasteiger charge is -2.12. The Morgan fingerprint density at radius 3 is 2.46 bits per heavy atom. The molecule has 12 heteroatoms. The van der Waals surface area contributed by atoms with E-state index in [-0.39, 0.29) is 45.9 Å². The Morgan fingerprint density at radius 1 is 1.00 bits per heavy atom. The fourth-order valence-electron chi connectivity index (χ4n) is 4.05. The molecule has 0 saturated heterocycles. The zero-order chi connectivity index (χ0) is 29.1. The van der Waals surface area contributed by atoms with E-state index in [2.05, 4.69) is 10.1 Å². The maximum Gasteiger partial charge on any atom is 0.416 e. The van der Waals surface area contributed by atoms with Crippen molar-refractivity contribution in [2.45, 2.75) is 12.8 Å². The van der Waals surface area contributed by atoms with Gasteiger partial charge in [-0.3, -0.25) is 14.9 Å². The van der Waals surface area contributed by atoms with Crippen LogP contribution in [0, 0.1) is 10.1 Å². The molecule has 1 aromatic heterocycles. The number of nitro groups is 1. The van der Waals surface area contributed by atoms with Gasteiger partial charge >= 0.3 is 11.9 Å². The van der Waals surface area contributed by atoms with Crippen LogP contribution >= 0.6 is 11.6 Å². The smallest absolute Gasteiger partial charge is 0.416 e. The van der Waals surface area contributed by atoms with Crippen molar-refractivity contribution < 1.29 is 22.8 Å². The van der Waals surface area contributed by atoms with Crippen LogP contribution in [0.1, 0.15) is 16.7 Å². The number of hydrogen-bond acceptors (Lipinski definition) is 6. The van der Waals surface area contributed by atoms with E-state index in [0.29, 0.717) is 10.6 Å². The molecule has 4 aromatic carbocycles. The number of ether oxygens (including phenoxy) is 1. The standard InChI is InChI=1S/C29H18ClF3N4O4/c30-22-13-11-18(12-14-22)17-41-26-20(6-4-10-25(26)37(39)40)16-34-36-27(19-5-3-7-21(15-19)29(31,32)33)35-24-9-2-1-8-23(24)28(36)38/h1-16H,17H2. The number of hydrogen-bond donors (Lipinski definition) is 0. The summed E-state index contributed by atoms with van der Waals surface area (Å²) in [6.07, 6.45) is -3.46. The van der Waals surface area contributed by atoms with Crippen molar-refractivity contribution in [3.05, 3.63) is 133 Å². The topological polar surface area (TPSA) is 99.6 Å². The third kappa shape index (κ3) is 5.94. The molecule has 5 rings (SSSR count). The molecule has 1 heterocycles. The number of alkyl halides is 3. The number of nitrogens with zero attached hydrogens (tertiary/aromatic N) is 4. The van der Waals surface area contributed by atoms with Gasteiger partial charge in [0.05, 0.1) is 27.6 Å². The number of nitro benzene ring substituents is 1. The average molecular weight is 579 g/mol. The first-order chi connectivity index (χ1) is 19.6. The van der Waals surface area contributed by atoms with E-state index in [4.69, 9.17) is 16.3 Å². The fourth-order valence-corrected chi connectivity index (χ4v) is 4.18. The maximum absolute atomic E-state index is 13.5. The summed E-state index contributed by atoms with van der Waals surface area (Å²) < 4.78 is 47.0. The highest BCUT2D eigenvalue weighted by Crippen LogP contribution is 2.33. The third-order valence-corrected chi connectivity index (χ3v) is 6.28. The molecule has 0 atom stereocenters. The third-order valence-electron chi connectivity index (χ3n) is 6.03. The van der Waals surface area contributed by atoms with Crippen molar-refractivity contribution in [1.82, 2.24) is 9.66 Å². The van der Waals surface area contributed by atoms with Gasteiger partial charge in [0, 0.05) is 22.2 Å². The van der Waals surface area contributed by atoms with Crippen LogP contribution in [0.4, 0.5) is 18.9 Å². The van der Waals surface area contributed by atoms with E-state index >= 15 is 0 Å². The minimum atomic E-state index is -4.62. The van der Waals surface area contributed by atoms with Gasteiger partial charge in [-0.15, -0.1) is 0 Å². The normalized spacial score (nSPS) is 11.7. The van der Waals surface area contributed by atoms with E-state index in [1.165, 1.54) is 42.6 Å². The van der Waals surface area contributed by atoms with E-state index in [0.717, 1.165) is 16.8 Å². The minimum Gasteiger partial charge on any atom is -0.481 e. The lowest BCUT2D eigenvalue weighted by molar-refractivity contribution is -0.385. The molecule has 0 radical (unpaired) electrons. The van der Waals surface area contributed by atoms with E-state index in [1.54, 1.807) is 42.5 Å². The molecule has 41 heavy (non-hydrogen) atoms. The highest BCUT2D eigenvalue weighted by atomic mass is 35.5. The number of para-hydroxylation sites is 2. The molecule has 0 saturated carbocycles. The summed E-state index contributed by atoms with van der Waals surface area (Å²) in [7, 11) is 0. The fraction of sp³-hybridized carbons (Fsp3) is 0.0690. The maximum atomic E-state index is 13.5. The van der Waals surface area contributed by atoms with Gasteiger partial charge in [0.2, 0.25) is 5.75 Å². The number of fused-ring (bicyclic) bond motifs is 1. The lowest BCUT2D eigenvalue weighted by atomic mass is 10.1. The Hall–Kier alpha value is -5.03. The van der Waals surface area contributed by atoms with Crippen LogP contribution in [-0.2, 0) is 12.8 Å². The van der Waals surface area contributed by atoms with Crippen molar-refractivity contribution in [3.63, 3.8) is 0 Å². The van der Waals surface area contributed by atoms with Gasteiger partial charge < -0.3 is 4.74 Å². The predicted octanol–water partition coefficient (Wildman–Crippen LogP) is 7.11. The van der Waals surface area contributed by atoms with Crippen LogP contribution in [0.2, 0.25) is 5.02 Å². The molecule has 0 amide bonds. The van der Waals surface area contributed by atoms with Gasteiger partial charge in [0.1, 0.15) is 6.61 Å². The lowest BCUT2D eigenvalue weighted by Crippen LogP contribution is -2.20. The van der Waals surface area contributed by atoms with Crippen molar-refractivity contribution >= 4 is 34.4 Å². The Morgan fingerprint density at radius 2 is 1.73 bits per heavy atom. The largest absolute Gasteiger partial charge is 0.481 e. The first-order valence-electron chi connectivity index (χ1n) is 12.0. The van der Waals surface area contributed by atoms with E-state index < -0.39 is 22.2 Å². The summed E-state index contributed by atoms with van der Waals surface area (Å²) in [5.74, 6) is -0.260. The van der Waals surface area contributed by atoms with Crippen LogP contribution in [0.3, 0.4) is 0 Å².